The first-order valence-electron chi connectivity index (χ1n) is 6.54. The zero-order valence-corrected chi connectivity index (χ0v) is 11.0. The predicted octanol–water partition coefficient (Wildman–Crippen LogP) is 0.849. The molecule has 0 unspecified atom stereocenters. The van der Waals surface area contributed by atoms with Crippen LogP contribution >= 0.6 is 0 Å². The number of H-pyrrole nitrogens is 2. The van der Waals surface area contributed by atoms with Gasteiger partial charge in [0.25, 0.3) is 11.1 Å². The smallest absolute Gasteiger partial charge is 0.272 e. The fraction of sp³-hybridized carbons (Fsp3) is 0.286. The molecule has 0 bridgehead atoms. The number of carbonyl (C=O) groups excluding carboxylic acids is 1. The highest BCUT2D eigenvalue weighted by molar-refractivity contribution is 6.04. The average Bonchev–Trinajstić information content (AvgIpc) is 2.42. The van der Waals surface area contributed by atoms with Gasteiger partial charge in [0.05, 0.1) is 22.5 Å². The Hall–Kier alpha value is -2.88. The standard InChI is InChI=1S/C14H12N4O3/c15-7-14(5-2-6-14)13(21)16-9-4-1-3-8-10(9)12(20)18-17-11(8)19/h1,3-4H,2,5-6H2,(H,16,21)(H,17,19)(H,18,20). The summed E-state index contributed by atoms with van der Waals surface area (Å²) in [5.74, 6) is -0.427. The predicted molar refractivity (Wildman–Crippen MR) is 75.7 cm³/mol. The number of aromatic nitrogens is 2. The van der Waals surface area contributed by atoms with Crippen LogP contribution in [0.5, 0.6) is 0 Å². The Morgan fingerprint density at radius 2 is 1.95 bits per heavy atom. The second-order valence-electron chi connectivity index (χ2n) is 5.14. The number of rotatable bonds is 2. The van der Waals surface area contributed by atoms with E-state index in [4.69, 9.17) is 5.26 Å². The Morgan fingerprint density at radius 3 is 2.57 bits per heavy atom. The summed E-state index contributed by atoms with van der Waals surface area (Å²) in [5.41, 5.74) is -1.72. The summed E-state index contributed by atoms with van der Waals surface area (Å²) in [6.07, 6.45) is 1.85. The number of hydrogen-bond donors (Lipinski definition) is 3. The topological polar surface area (TPSA) is 119 Å². The molecule has 1 aromatic carbocycles. The van der Waals surface area contributed by atoms with Crippen molar-refractivity contribution in [2.45, 2.75) is 19.3 Å². The summed E-state index contributed by atoms with van der Waals surface area (Å²) in [6, 6.07) is 6.66. The van der Waals surface area contributed by atoms with Crippen molar-refractivity contribution >= 4 is 22.4 Å². The Kier molecular flexibility index (Phi) is 2.87. The summed E-state index contributed by atoms with van der Waals surface area (Å²) >= 11 is 0. The summed E-state index contributed by atoms with van der Waals surface area (Å²) in [5, 5.41) is 16.5. The first kappa shape index (κ1) is 13.1. The first-order chi connectivity index (χ1) is 10.1. The van der Waals surface area contributed by atoms with Crippen molar-refractivity contribution < 1.29 is 4.79 Å². The molecule has 2 aromatic rings. The van der Waals surface area contributed by atoms with E-state index in [9.17, 15) is 14.4 Å². The van der Waals surface area contributed by atoms with Crippen LogP contribution in [0, 0.1) is 16.7 Å². The van der Waals surface area contributed by atoms with Gasteiger partial charge in [-0.1, -0.05) is 6.07 Å². The van der Waals surface area contributed by atoms with Crippen molar-refractivity contribution in [2.75, 3.05) is 5.32 Å². The molecule has 0 aliphatic heterocycles. The number of anilines is 1. The summed E-state index contributed by atoms with van der Waals surface area (Å²) in [7, 11) is 0. The molecule has 1 aliphatic rings. The van der Waals surface area contributed by atoms with Gasteiger partial charge in [0.15, 0.2) is 0 Å². The third kappa shape index (κ3) is 1.92. The van der Waals surface area contributed by atoms with Gasteiger partial charge in [-0.05, 0) is 31.4 Å². The second-order valence-corrected chi connectivity index (χ2v) is 5.14. The normalized spacial score (nSPS) is 16.0. The molecule has 106 valence electrons. The maximum absolute atomic E-state index is 12.3. The van der Waals surface area contributed by atoms with Crippen LogP contribution in [0.4, 0.5) is 5.69 Å². The van der Waals surface area contributed by atoms with Crippen molar-refractivity contribution in [1.82, 2.24) is 10.2 Å². The number of benzene rings is 1. The van der Waals surface area contributed by atoms with Gasteiger partial charge in [-0.2, -0.15) is 5.26 Å². The third-order valence-electron chi connectivity index (χ3n) is 3.93. The van der Waals surface area contributed by atoms with Crippen molar-refractivity contribution in [3.05, 3.63) is 38.9 Å². The maximum atomic E-state index is 12.3. The number of aromatic amines is 2. The molecule has 0 saturated heterocycles. The average molecular weight is 284 g/mol. The van der Waals surface area contributed by atoms with Gasteiger partial charge in [0, 0.05) is 0 Å². The number of fused-ring (bicyclic) bond motifs is 1. The van der Waals surface area contributed by atoms with Gasteiger partial charge in [-0.3, -0.25) is 24.6 Å². The largest absolute Gasteiger partial charge is 0.324 e. The molecule has 7 heteroatoms. The van der Waals surface area contributed by atoms with Crippen molar-refractivity contribution in [2.24, 2.45) is 5.41 Å². The Balaban J connectivity index is 2.08. The highest BCUT2D eigenvalue weighted by Gasteiger charge is 2.44. The van der Waals surface area contributed by atoms with Crippen LogP contribution in [0.25, 0.3) is 10.8 Å². The van der Waals surface area contributed by atoms with E-state index in [-0.39, 0.29) is 16.5 Å². The van der Waals surface area contributed by atoms with Gasteiger partial charge in [0.2, 0.25) is 5.91 Å². The van der Waals surface area contributed by atoms with Gasteiger partial charge in [0.1, 0.15) is 5.41 Å². The Bertz CT molecular complexity index is 883. The van der Waals surface area contributed by atoms with Gasteiger partial charge >= 0.3 is 0 Å². The van der Waals surface area contributed by atoms with Crippen molar-refractivity contribution in [3.63, 3.8) is 0 Å². The van der Waals surface area contributed by atoms with Crippen LogP contribution in [-0.2, 0) is 4.79 Å². The molecule has 3 rings (SSSR count). The van der Waals surface area contributed by atoms with E-state index in [2.05, 4.69) is 15.5 Å². The number of nitrogens with one attached hydrogen (secondary N) is 3. The number of nitrogens with zero attached hydrogens (tertiary/aromatic N) is 1. The monoisotopic (exact) mass is 284 g/mol. The molecule has 1 aromatic heterocycles. The van der Waals surface area contributed by atoms with Gasteiger partial charge in [-0.25, -0.2) is 0 Å². The number of hydrogen-bond acceptors (Lipinski definition) is 4. The molecule has 1 aliphatic carbocycles. The molecular formula is C14H12N4O3. The molecule has 7 nitrogen and oxygen atoms in total. The van der Waals surface area contributed by atoms with Crippen LogP contribution < -0.4 is 16.4 Å². The minimum atomic E-state index is -1.02. The molecule has 3 N–H and O–H groups in total. The minimum Gasteiger partial charge on any atom is -0.324 e. The van der Waals surface area contributed by atoms with Crippen LogP contribution in [0.2, 0.25) is 0 Å². The Labute approximate surface area is 118 Å². The third-order valence-corrected chi connectivity index (χ3v) is 3.93. The molecule has 1 amide bonds. The zero-order valence-electron chi connectivity index (χ0n) is 11.0. The van der Waals surface area contributed by atoms with Gasteiger partial charge < -0.3 is 5.32 Å². The maximum Gasteiger partial charge on any atom is 0.272 e. The van der Waals surface area contributed by atoms with Crippen LogP contribution in [0.15, 0.2) is 27.8 Å². The molecule has 1 fully saturated rings. The lowest BCUT2D eigenvalue weighted by atomic mass is 9.69. The number of amides is 1. The summed E-state index contributed by atoms with van der Waals surface area (Å²) in [4.78, 5) is 35.8. The lowest BCUT2D eigenvalue weighted by Gasteiger charge is -2.33. The lowest BCUT2D eigenvalue weighted by molar-refractivity contribution is -0.126. The molecule has 0 radical (unpaired) electrons. The number of nitriles is 1. The summed E-state index contributed by atoms with van der Waals surface area (Å²) < 4.78 is 0. The SMILES string of the molecule is N#CC1(C(=O)Nc2cccc3c(=O)[nH][nH]c(=O)c23)CCC1. The number of carbonyl (C=O) groups is 1. The van der Waals surface area contributed by atoms with E-state index < -0.39 is 22.4 Å². The quantitative estimate of drug-likeness (QED) is 0.757. The lowest BCUT2D eigenvalue weighted by Crippen LogP contribution is -2.40. The first-order valence-corrected chi connectivity index (χ1v) is 6.54. The molecule has 21 heavy (non-hydrogen) atoms. The van der Waals surface area contributed by atoms with Crippen molar-refractivity contribution in [3.8, 4) is 6.07 Å². The van der Waals surface area contributed by atoms with E-state index >= 15 is 0 Å². The highest BCUT2D eigenvalue weighted by atomic mass is 16.2. The highest BCUT2D eigenvalue weighted by Crippen LogP contribution is 2.41. The minimum absolute atomic E-state index is 0.113. The second kappa shape index (κ2) is 4.59. The summed E-state index contributed by atoms with van der Waals surface area (Å²) in [6.45, 7) is 0. The zero-order chi connectivity index (χ0) is 15.0. The molecule has 0 spiro atoms. The van der Waals surface area contributed by atoms with E-state index in [0.29, 0.717) is 12.8 Å². The van der Waals surface area contributed by atoms with Crippen molar-refractivity contribution in [1.29, 1.82) is 5.26 Å². The van der Waals surface area contributed by atoms with E-state index in [0.717, 1.165) is 6.42 Å². The molecular weight excluding hydrogens is 272 g/mol. The van der Waals surface area contributed by atoms with E-state index in [1.807, 2.05) is 6.07 Å². The van der Waals surface area contributed by atoms with E-state index in [1.165, 1.54) is 6.07 Å². The Morgan fingerprint density at radius 1 is 1.24 bits per heavy atom. The van der Waals surface area contributed by atoms with Crippen LogP contribution in [0.1, 0.15) is 19.3 Å². The van der Waals surface area contributed by atoms with E-state index in [1.54, 1.807) is 12.1 Å². The molecule has 1 saturated carbocycles. The fourth-order valence-electron chi connectivity index (χ4n) is 2.50. The van der Waals surface area contributed by atoms with Gasteiger partial charge in [-0.15, -0.1) is 0 Å². The fourth-order valence-corrected chi connectivity index (χ4v) is 2.50. The van der Waals surface area contributed by atoms with Crippen LogP contribution in [-0.4, -0.2) is 16.1 Å². The molecule has 1 heterocycles. The van der Waals surface area contributed by atoms with Crippen LogP contribution in [0.3, 0.4) is 0 Å². The molecule has 0 atom stereocenters.